The van der Waals surface area contributed by atoms with Crippen molar-refractivity contribution < 1.29 is 18.8 Å². The minimum absolute atomic E-state index is 0.306. The van der Waals surface area contributed by atoms with Gasteiger partial charge in [-0.15, -0.1) is 0 Å². The van der Waals surface area contributed by atoms with Crippen LogP contribution in [-0.2, 0) is 16.9 Å². The number of carbonyl (C=O) groups excluding carboxylic acids is 3. The van der Waals surface area contributed by atoms with E-state index in [4.69, 9.17) is 0 Å². The summed E-state index contributed by atoms with van der Waals surface area (Å²) < 4.78 is 15.2. The van der Waals surface area contributed by atoms with Crippen LogP contribution in [0.25, 0.3) is 10.8 Å². The van der Waals surface area contributed by atoms with E-state index in [1.807, 2.05) is 60.9 Å². The van der Waals surface area contributed by atoms with Gasteiger partial charge in [-0.25, -0.2) is 9.18 Å². The maximum absolute atomic E-state index is 13.5. The molecule has 1 aromatic heterocycles. The Morgan fingerprint density at radius 3 is 2.42 bits per heavy atom. The van der Waals surface area contributed by atoms with Crippen LogP contribution < -0.4 is 5.32 Å². The van der Waals surface area contributed by atoms with Crippen molar-refractivity contribution in [2.24, 2.45) is 0 Å². The molecule has 1 N–H and O–H groups in total. The summed E-state index contributed by atoms with van der Waals surface area (Å²) in [6.45, 7) is 5.52. The average Bonchev–Trinajstić information content (AvgIpc) is 3.27. The van der Waals surface area contributed by atoms with Gasteiger partial charge in [0, 0.05) is 23.5 Å². The lowest BCUT2D eigenvalue weighted by atomic mass is 9.88. The molecule has 1 fully saturated rings. The fourth-order valence-electron chi connectivity index (χ4n) is 5.01. The van der Waals surface area contributed by atoms with Gasteiger partial charge in [0.2, 0.25) is 0 Å². The first-order chi connectivity index (χ1) is 17.2. The Morgan fingerprint density at radius 2 is 1.67 bits per heavy atom. The van der Waals surface area contributed by atoms with E-state index in [0.717, 1.165) is 32.6 Å². The maximum atomic E-state index is 13.5. The monoisotopic (exact) mass is 483 g/mol. The lowest BCUT2D eigenvalue weighted by molar-refractivity contribution is -0.130. The predicted octanol–water partition coefficient (Wildman–Crippen LogP) is 5.10. The second kappa shape index (κ2) is 8.75. The molecule has 1 saturated heterocycles. The molecule has 0 aliphatic carbocycles. The first-order valence-electron chi connectivity index (χ1n) is 11.8. The van der Waals surface area contributed by atoms with E-state index >= 15 is 0 Å². The second-order valence-corrected chi connectivity index (χ2v) is 9.39. The molecule has 3 aromatic carbocycles. The van der Waals surface area contributed by atoms with Crippen LogP contribution in [0, 0.1) is 19.7 Å². The molecule has 3 amide bonds. The lowest BCUT2D eigenvalue weighted by Gasteiger charge is -2.24. The fraction of sp³-hybridized carbons (Fsp3) is 0.207. The Hall–Kier alpha value is -4.26. The molecule has 1 unspecified atom stereocenters. The Bertz CT molecular complexity index is 1520. The van der Waals surface area contributed by atoms with Crippen molar-refractivity contribution in [1.29, 1.82) is 0 Å². The average molecular weight is 484 g/mol. The van der Waals surface area contributed by atoms with E-state index in [0.29, 0.717) is 17.7 Å². The van der Waals surface area contributed by atoms with Crippen molar-refractivity contribution in [1.82, 2.24) is 14.8 Å². The van der Waals surface area contributed by atoms with Gasteiger partial charge in [-0.1, -0.05) is 54.6 Å². The summed E-state index contributed by atoms with van der Waals surface area (Å²) in [7, 11) is 0. The van der Waals surface area contributed by atoms with E-state index in [1.165, 1.54) is 12.1 Å². The molecule has 1 aliphatic rings. The fourth-order valence-corrected chi connectivity index (χ4v) is 5.01. The Balaban J connectivity index is 1.40. The molecular weight excluding hydrogens is 457 g/mol. The zero-order valence-electron chi connectivity index (χ0n) is 20.3. The number of carbonyl (C=O) groups is 3. The summed E-state index contributed by atoms with van der Waals surface area (Å²) in [5, 5.41) is 4.64. The highest BCUT2D eigenvalue weighted by molar-refractivity contribution is 6.12. The molecule has 2 heterocycles. The summed E-state index contributed by atoms with van der Waals surface area (Å²) in [5.41, 5.74) is 2.35. The molecule has 182 valence electrons. The molecule has 0 bridgehead atoms. The second-order valence-electron chi connectivity index (χ2n) is 9.39. The van der Waals surface area contributed by atoms with E-state index in [9.17, 15) is 18.8 Å². The molecule has 1 aliphatic heterocycles. The molecule has 5 rings (SSSR count). The Labute approximate surface area is 208 Å². The molecule has 36 heavy (non-hydrogen) atoms. The summed E-state index contributed by atoms with van der Waals surface area (Å²) in [6, 6.07) is 20.7. The van der Waals surface area contributed by atoms with Crippen molar-refractivity contribution in [3.63, 3.8) is 0 Å². The number of Topliss-reactive ketones (excluding diaryl/α,β-unsaturated/α-hetero) is 1. The van der Waals surface area contributed by atoms with Gasteiger partial charge in [-0.3, -0.25) is 14.5 Å². The molecule has 1 atom stereocenters. The minimum Gasteiger partial charge on any atom is -0.344 e. The van der Waals surface area contributed by atoms with Crippen molar-refractivity contribution in [2.45, 2.75) is 32.9 Å². The highest BCUT2D eigenvalue weighted by Gasteiger charge is 2.50. The number of aryl methyl sites for hydroxylation is 1. The van der Waals surface area contributed by atoms with Gasteiger partial charge in [0.25, 0.3) is 5.91 Å². The normalized spacial score (nSPS) is 17.6. The highest BCUT2D eigenvalue weighted by Crippen LogP contribution is 2.34. The predicted molar refractivity (Wildman–Crippen MR) is 135 cm³/mol. The van der Waals surface area contributed by atoms with Gasteiger partial charge in [-0.05, 0) is 60.9 Å². The van der Waals surface area contributed by atoms with Gasteiger partial charge in [0.05, 0.1) is 6.54 Å². The van der Waals surface area contributed by atoms with Crippen molar-refractivity contribution in [3.05, 3.63) is 107 Å². The van der Waals surface area contributed by atoms with Crippen molar-refractivity contribution in [3.8, 4) is 0 Å². The number of nitrogens with zero attached hydrogens (tertiary/aromatic N) is 2. The van der Waals surface area contributed by atoms with Crippen LogP contribution in [0.2, 0.25) is 0 Å². The zero-order chi connectivity index (χ0) is 25.6. The maximum Gasteiger partial charge on any atom is 0.325 e. The third kappa shape index (κ3) is 3.86. The number of amides is 3. The molecule has 0 radical (unpaired) electrons. The number of fused-ring (bicyclic) bond motifs is 1. The van der Waals surface area contributed by atoms with Crippen LogP contribution in [0.5, 0.6) is 0 Å². The van der Waals surface area contributed by atoms with Gasteiger partial charge >= 0.3 is 6.03 Å². The summed E-state index contributed by atoms with van der Waals surface area (Å²) in [6.07, 6.45) is 0. The minimum atomic E-state index is -1.28. The van der Waals surface area contributed by atoms with Crippen LogP contribution in [0.15, 0.2) is 72.8 Å². The number of aromatic nitrogens is 1. The number of imide groups is 1. The third-order valence-corrected chi connectivity index (χ3v) is 7.03. The lowest BCUT2D eigenvalue weighted by Crippen LogP contribution is -2.41. The quantitative estimate of drug-likeness (QED) is 0.307. The zero-order valence-corrected chi connectivity index (χ0v) is 20.3. The van der Waals surface area contributed by atoms with Crippen LogP contribution in [0.3, 0.4) is 0 Å². The molecule has 6 nitrogen and oxygen atoms in total. The number of halogens is 1. The molecule has 0 spiro atoms. The topological polar surface area (TPSA) is 71.4 Å². The smallest absolute Gasteiger partial charge is 0.325 e. The van der Waals surface area contributed by atoms with E-state index in [-0.39, 0.29) is 18.1 Å². The van der Waals surface area contributed by atoms with Crippen molar-refractivity contribution >= 4 is 28.5 Å². The standard InChI is InChI=1S/C29H26FN3O3/c1-18-15-24(19(2)32(18)16-20-11-13-22(30)14-12-20)26(34)17-33-27(35)29(3,31-28(33)36)25-10-6-8-21-7-4-5-9-23(21)25/h4-15H,16-17H2,1-3H3,(H,31,36). The Kier molecular flexibility index (Phi) is 5.71. The van der Waals surface area contributed by atoms with E-state index in [2.05, 4.69) is 5.32 Å². The largest absolute Gasteiger partial charge is 0.344 e. The molecule has 4 aromatic rings. The third-order valence-electron chi connectivity index (χ3n) is 7.03. The van der Waals surface area contributed by atoms with Gasteiger partial charge in [0.15, 0.2) is 5.78 Å². The number of ketones is 1. The molecule has 7 heteroatoms. The van der Waals surface area contributed by atoms with Crippen LogP contribution >= 0.6 is 0 Å². The van der Waals surface area contributed by atoms with Crippen LogP contribution in [0.1, 0.15) is 39.8 Å². The number of benzene rings is 3. The number of urea groups is 1. The van der Waals surface area contributed by atoms with Crippen molar-refractivity contribution in [2.75, 3.05) is 6.54 Å². The highest BCUT2D eigenvalue weighted by atomic mass is 19.1. The van der Waals surface area contributed by atoms with E-state index < -0.39 is 17.5 Å². The van der Waals surface area contributed by atoms with Crippen LogP contribution in [-0.4, -0.2) is 33.7 Å². The number of nitrogens with one attached hydrogen (secondary N) is 1. The van der Waals surface area contributed by atoms with Gasteiger partial charge < -0.3 is 9.88 Å². The number of hydrogen-bond donors (Lipinski definition) is 1. The first-order valence-corrected chi connectivity index (χ1v) is 11.8. The first kappa shape index (κ1) is 23.5. The van der Waals surface area contributed by atoms with Crippen LogP contribution in [0.4, 0.5) is 9.18 Å². The number of rotatable bonds is 6. The summed E-state index contributed by atoms with van der Waals surface area (Å²) in [4.78, 5) is 40.7. The Morgan fingerprint density at radius 1 is 0.972 bits per heavy atom. The summed E-state index contributed by atoms with van der Waals surface area (Å²) >= 11 is 0. The van der Waals surface area contributed by atoms with E-state index in [1.54, 1.807) is 25.1 Å². The summed E-state index contributed by atoms with van der Waals surface area (Å²) in [5.74, 6) is -1.09. The molecule has 0 saturated carbocycles. The molecular formula is C29H26FN3O3. The van der Waals surface area contributed by atoms with Gasteiger partial charge in [-0.2, -0.15) is 0 Å². The number of hydrogen-bond acceptors (Lipinski definition) is 3. The van der Waals surface area contributed by atoms with Gasteiger partial charge in [0.1, 0.15) is 11.4 Å². The SMILES string of the molecule is Cc1cc(C(=O)CN2C(=O)NC(C)(c3cccc4ccccc34)C2=O)c(C)n1Cc1ccc(F)cc1.